The highest BCUT2D eigenvalue weighted by Gasteiger charge is 2.33. The third-order valence-corrected chi connectivity index (χ3v) is 4.87. The normalized spacial score (nSPS) is 17.7. The molecule has 0 atom stereocenters. The SMILES string of the molecule is Cc1nn(C)c(C)c1C(=O)NCC1(CCl)CCCC1. The van der Waals surface area contributed by atoms with E-state index < -0.39 is 0 Å². The maximum atomic E-state index is 12.3. The fourth-order valence-electron chi connectivity index (χ4n) is 2.94. The van der Waals surface area contributed by atoms with Gasteiger partial charge >= 0.3 is 0 Å². The van der Waals surface area contributed by atoms with Crippen molar-refractivity contribution in [2.45, 2.75) is 39.5 Å². The number of nitrogens with one attached hydrogen (secondary N) is 1. The van der Waals surface area contributed by atoms with Crippen LogP contribution in [0.5, 0.6) is 0 Å². The van der Waals surface area contributed by atoms with Crippen LogP contribution in [0.3, 0.4) is 0 Å². The molecule has 1 aromatic rings. The fraction of sp³-hybridized carbons (Fsp3) is 0.714. The van der Waals surface area contributed by atoms with Gasteiger partial charge in [0.25, 0.3) is 5.91 Å². The van der Waals surface area contributed by atoms with Crippen LogP contribution in [-0.2, 0) is 7.05 Å². The highest BCUT2D eigenvalue weighted by molar-refractivity contribution is 6.18. The minimum absolute atomic E-state index is 0.0282. The van der Waals surface area contributed by atoms with Crippen molar-refractivity contribution < 1.29 is 4.79 Å². The molecule has 1 amide bonds. The topological polar surface area (TPSA) is 46.9 Å². The summed E-state index contributed by atoms with van der Waals surface area (Å²) in [5.41, 5.74) is 2.48. The number of aryl methyl sites for hydroxylation is 2. The van der Waals surface area contributed by atoms with Crippen LogP contribution in [0.1, 0.15) is 47.4 Å². The third-order valence-electron chi connectivity index (χ3n) is 4.31. The smallest absolute Gasteiger partial charge is 0.255 e. The summed E-state index contributed by atoms with van der Waals surface area (Å²) >= 11 is 6.09. The second-order valence-electron chi connectivity index (χ2n) is 5.69. The molecule has 0 spiro atoms. The third kappa shape index (κ3) is 2.78. The number of halogens is 1. The van der Waals surface area contributed by atoms with Crippen LogP contribution in [0.15, 0.2) is 0 Å². The summed E-state index contributed by atoms with van der Waals surface area (Å²) in [6.07, 6.45) is 4.66. The summed E-state index contributed by atoms with van der Waals surface area (Å²) in [5, 5.41) is 7.33. The van der Waals surface area contributed by atoms with Crippen molar-refractivity contribution in [3.05, 3.63) is 17.0 Å². The number of carbonyl (C=O) groups is 1. The van der Waals surface area contributed by atoms with Gasteiger partial charge in [0, 0.05) is 30.6 Å². The Balaban J connectivity index is 2.05. The summed E-state index contributed by atoms with van der Waals surface area (Å²) in [6, 6.07) is 0. The number of nitrogens with zero attached hydrogens (tertiary/aromatic N) is 2. The van der Waals surface area contributed by atoms with Crippen molar-refractivity contribution in [3.8, 4) is 0 Å². The Morgan fingerprint density at radius 1 is 1.42 bits per heavy atom. The standard InChI is InChI=1S/C14H22ClN3O/c1-10-12(11(2)18(3)17-10)13(19)16-9-14(8-15)6-4-5-7-14/h4-9H2,1-3H3,(H,16,19). The summed E-state index contributed by atoms with van der Waals surface area (Å²) in [6.45, 7) is 4.46. The lowest BCUT2D eigenvalue weighted by molar-refractivity contribution is 0.0933. The molecule has 0 unspecified atom stereocenters. The molecule has 19 heavy (non-hydrogen) atoms. The van der Waals surface area contributed by atoms with Gasteiger partial charge in [-0.05, 0) is 26.7 Å². The van der Waals surface area contributed by atoms with E-state index in [1.54, 1.807) is 4.68 Å². The lowest BCUT2D eigenvalue weighted by atomic mass is 9.88. The lowest BCUT2D eigenvalue weighted by Crippen LogP contribution is -2.37. The quantitative estimate of drug-likeness (QED) is 0.864. The average molecular weight is 284 g/mol. The number of aromatic nitrogens is 2. The van der Waals surface area contributed by atoms with Gasteiger partial charge in [-0.3, -0.25) is 9.48 Å². The van der Waals surface area contributed by atoms with Crippen molar-refractivity contribution in [1.82, 2.24) is 15.1 Å². The zero-order valence-electron chi connectivity index (χ0n) is 11.9. The first-order chi connectivity index (χ1) is 8.99. The van der Waals surface area contributed by atoms with Crippen molar-refractivity contribution >= 4 is 17.5 Å². The lowest BCUT2D eigenvalue weighted by Gasteiger charge is -2.26. The van der Waals surface area contributed by atoms with Gasteiger partial charge < -0.3 is 5.32 Å². The first kappa shape index (κ1) is 14.4. The average Bonchev–Trinajstić information content (AvgIpc) is 2.94. The molecule has 1 fully saturated rings. The number of alkyl halides is 1. The molecule has 1 heterocycles. The first-order valence-electron chi connectivity index (χ1n) is 6.83. The van der Waals surface area contributed by atoms with E-state index in [9.17, 15) is 4.79 Å². The van der Waals surface area contributed by atoms with Crippen molar-refractivity contribution in [2.75, 3.05) is 12.4 Å². The second kappa shape index (κ2) is 5.53. The zero-order chi connectivity index (χ0) is 14.0. The molecule has 0 bridgehead atoms. The molecular weight excluding hydrogens is 262 g/mol. The molecule has 0 radical (unpaired) electrons. The minimum atomic E-state index is -0.0282. The zero-order valence-corrected chi connectivity index (χ0v) is 12.7. The predicted octanol–water partition coefficient (Wildman–Crippen LogP) is 2.57. The highest BCUT2D eigenvalue weighted by Crippen LogP contribution is 2.38. The van der Waals surface area contributed by atoms with Gasteiger partial charge in [-0.15, -0.1) is 11.6 Å². The Labute approximate surface area is 119 Å². The number of amides is 1. The van der Waals surface area contributed by atoms with E-state index in [1.807, 2.05) is 20.9 Å². The molecule has 0 saturated heterocycles. The van der Waals surface area contributed by atoms with E-state index in [0.717, 1.165) is 24.2 Å². The molecule has 5 heteroatoms. The first-order valence-corrected chi connectivity index (χ1v) is 7.37. The Hall–Kier alpha value is -1.03. The van der Waals surface area contributed by atoms with E-state index >= 15 is 0 Å². The molecule has 1 aromatic heterocycles. The number of hydrogen-bond donors (Lipinski definition) is 1. The van der Waals surface area contributed by atoms with Gasteiger partial charge in [0.15, 0.2) is 0 Å². The molecule has 2 rings (SSSR count). The Kier molecular flexibility index (Phi) is 4.19. The molecular formula is C14H22ClN3O. The van der Waals surface area contributed by atoms with Crippen molar-refractivity contribution in [2.24, 2.45) is 12.5 Å². The van der Waals surface area contributed by atoms with Gasteiger partial charge in [-0.2, -0.15) is 5.10 Å². The van der Waals surface area contributed by atoms with E-state index in [4.69, 9.17) is 11.6 Å². The predicted molar refractivity (Wildman–Crippen MR) is 76.6 cm³/mol. The molecule has 4 nitrogen and oxygen atoms in total. The molecule has 0 aliphatic heterocycles. The highest BCUT2D eigenvalue weighted by atomic mass is 35.5. The van der Waals surface area contributed by atoms with E-state index in [-0.39, 0.29) is 11.3 Å². The van der Waals surface area contributed by atoms with Crippen LogP contribution in [0.2, 0.25) is 0 Å². The van der Waals surface area contributed by atoms with E-state index in [2.05, 4.69) is 10.4 Å². The van der Waals surface area contributed by atoms with E-state index in [1.165, 1.54) is 12.8 Å². The summed E-state index contributed by atoms with van der Waals surface area (Å²) in [4.78, 5) is 12.3. The molecule has 1 aliphatic rings. The van der Waals surface area contributed by atoms with Crippen LogP contribution in [0, 0.1) is 19.3 Å². The van der Waals surface area contributed by atoms with Gasteiger partial charge in [-0.25, -0.2) is 0 Å². The maximum absolute atomic E-state index is 12.3. The summed E-state index contributed by atoms with van der Waals surface area (Å²) in [7, 11) is 1.86. The van der Waals surface area contributed by atoms with Crippen molar-refractivity contribution in [3.63, 3.8) is 0 Å². The van der Waals surface area contributed by atoms with E-state index in [0.29, 0.717) is 18.0 Å². The number of carbonyl (C=O) groups excluding carboxylic acids is 1. The largest absolute Gasteiger partial charge is 0.351 e. The number of rotatable bonds is 4. The van der Waals surface area contributed by atoms with Gasteiger partial charge in [0.1, 0.15) is 0 Å². The Morgan fingerprint density at radius 2 is 2.05 bits per heavy atom. The fourth-order valence-corrected chi connectivity index (χ4v) is 3.30. The second-order valence-corrected chi connectivity index (χ2v) is 5.96. The Bertz CT molecular complexity index is 475. The molecule has 106 valence electrons. The van der Waals surface area contributed by atoms with Gasteiger partial charge in [0.2, 0.25) is 0 Å². The van der Waals surface area contributed by atoms with Crippen LogP contribution >= 0.6 is 11.6 Å². The van der Waals surface area contributed by atoms with Gasteiger partial charge in [0.05, 0.1) is 11.3 Å². The molecule has 1 saturated carbocycles. The molecule has 1 aliphatic carbocycles. The van der Waals surface area contributed by atoms with Gasteiger partial charge in [-0.1, -0.05) is 12.8 Å². The summed E-state index contributed by atoms with van der Waals surface area (Å²) < 4.78 is 1.75. The monoisotopic (exact) mass is 283 g/mol. The molecule has 0 aromatic carbocycles. The van der Waals surface area contributed by atoms with Crippen LogP contribution in [0.25, 0.3) is 0 Å². The summed E-state index contributed by atoms with van der Waals surface area (Å²) in [5.74, 6) is 0.595. The minimum Gasteiger partial charge on any atom is -0.351 e. The Morgan fingerprint density at radius 3 is 2.53 bits per heavy atom. The van der Waals surface area contributed by atoms with Crippen molar-refractivity contribution in [1.29, 1.82) is 0 Å². The maximum Gasteiger partial charge on any atom is 0.255 e. The van der Waals surface area contributed by atoms with Crippen LogP contribution < -0.4 is 5.32 Å². The molecule has 1 N–H and O–H groups in total. The number of hydrogen-bond acceptors (Lipinski definition) is 2. The van der Waals surface area contributed by atoms with Crippen LogP contribution in [-0.4, -0.2) is 28.1 Å². The van der Waals surface area contributed by atoms with Crippen LogP contribution in [0.4, 0.5) is 0 Å².